The fourth-order valence-corrected chi connectivity index (χ4v) is 3.63. The first kappa shape index (κ1) is 18.9. The predicted octanol–water partition coefficient (Wildman–Crippen LogP) is 1.54. The van der Waals surface area contributed by atoms with E-state index < -0.39 is 24.1 Å². The quantitative estimate of drug-likeness (QED) is 0.672. The molecule has 0 aliphatic carbocycles. The maximum Gasteiger partial charge on any atom is 0.251 e. The van der Waals surface area contributed by atoms with E-state index in [1.807, 2.05) is 42.5 Å². The average Bonchev–Trinajstić information content (AvgIpc) is 2.98. The van der Waals surface area contributed by atoms with Gasteiger partial charge < -0.3 is 10.4 Å². The number of hydrogen-bond donors (Lipinski definition) is 3. The van der Waals surface area contributed by atoms with E-state index >= 15 is 0 Å². The number of carbonyl (C=O) groups is 3. The van der Waals surface area contributed by atoms with E-state index in [9.17, 15) is 19.5 Å². The van der Waals surface area contributed by atoms with Crippen LogP contribution in [0.3, 0.4) is 0 Å². The van der Waals surface area contributed by atoms with Gasteiger partial charge in [0.15, 0.2) is 6.23 Å². The average molecular weight is 391 g/mol. The summed E-state index contributed by atoms with van der Waals surface area (Å²) in [7, 11) is 0. The number of aliphatic hydroxyl groups excluding tert-OH is 1. The normalized spacial score (nSPS) is 21.8. The molecule has 2 atom stereocenters. The summed E-state index contributed by atoms with van der Waals surface area (Å²) in [4.78, 5) is 36.8. The van der Waals surface area contributed by atoms with Crippen molar-refractivity contribution in [1.29, 1.82) is 0 Å². The number of piperidine rings is 1. The van der Waals surface area contributed by atoms with E-state index in [1.165, 1.54) is 11.6 Å². The van der Waals surface area contributed by atoms with Gasteiger partial charge in [0, 0.05) is 18.2 Å². The number of imide groups is 1. The van der Waals surface area contributed by atoms with Gasteiger partial charge in [-0.25, -0.2) is 0 Å². The molecule has 2 aromatic carbocycles. The number of benzene rings is 2. The van der Waals surface area contributed by atoms with Gasteiger partial charge in [-0.1, -0.05) is 42.5 Å². The zero-order valence-corrected chi connectivity index (χ0v) is 15.7. The molecule has 1 fully saturated rings. The minimum absolute atomic E-state index is 0.137. The molecule has 0 radical (unpaired) electrons. The molecule has 2 aliphatic rings. The van der Waals surface area contributed by atoms with Crippen LogP contribution in [0.2, 0.25) is 0 Å². The summed E-state index contributed by atoms with van der Waals surface area (Å²) in [5.74, 6) is -1.39. The van der Waals surface area contributed by atoms with Gasteiger partial charge in [0.1, 0.15) is 6.04 Å². The van der Waals surface area contributed by atoms with Crippen molar-refractivity contribution in [3.8, 4) is 0 Å². The molecule has 2 aromatic rings. The van der Waals surface area contributed by atoms with Crippen molar-refractivity contribution in [2.24, 2.45) is 0 Å². The molecule has 4 rings (SSSR count). The lowest BCUT2D eigenvalue weighted by molar-refractivity contribution is -0.148. The number of hydrogen-bond acceptors (Lipinski definition) is 5. The second kappa shape index (κ2) is 7.89. The number of anilines is 1. The number of nitrogens with zero attached hydrogens (tertiary/aromatic N) is 1. The summed E-state index contributed by atoms with van der Waals surface area (Å²) in [6.07, 6.45) is 1.16. The predicted molar refractivity (Wildman–Crippen MR) is 106 cm³/mol. The first-order valence-corrected chi connectivity index (χ1v) is 9.47. The number of rotatable bonds is 5. The lowest BCUT2D eigenvalue weighted by atomic mass is 10.0. The monoisotopic (exact) mass is 391 g/mol. The van der Waals surface area contributed by atoms with Crippen molar-refractivity contribution >= 4 is 23.4 Å². The Hall–Kier alpha value is -3.45. The number of nitrogens with one attached hydrogen (secondary N) is 2. The Morgan fingerprint density at radius 2 is 1.69 bits per heavy atom. The Kier molecular flexibility index (Phi) is 5.14. The van der Waals surface area contributed by atoms with Crippen molar-refractivity contribution in [2.45, 2.75) is 31.5 Å². The highest BCUT2D eigenvalue weighted by Crippen LogP contribution is 2.26. The summed E-state index contributed by atoms with van der Waals surface area (Å²) in [5.41, 5.74) is 3.39. The van der Waals surface area contributed by atoms with Crippen LogP contribution in [0.25, 0.3) is 0 Å². The SMILES string of the molecule is O=C1CCC(N2C(=O)C=C(Nc3ccc(Cc4ccccc4)cc3)C2O)C(=O)N1. The maximum absolute atomic E-state index is 12.4. The summed E-state index contributed by atoms with van der Waals surface area (Å²) in [6, 6.07) is 17.0. The van der Waals surface area contributed by atoms with Crippen molar-refractivity contribution in [3.63, 3.8) is 0 Å². The Labute approximate surface area is 168 Å². The molecule has 0 saturated carbocycles. The van der Waals surface area contributed by atoms with Gasteiger partial charge in [-0.15, -0.1) is 0 Å². The van der Waals surface area contributed by atoms with Gasteiger partial charge in [0.2, 0.25) is 11.8 Å². The molecule has 0 spiro atoms. The maximum atomic E-state index is 12.4. The Bertz CT molecular complexity index is 969. The highest BCUT2D eigenvalue weighted by molar-refractivity contribution is 6.03. The highest BCUT2D eigenvalue weighted by atomic mass is 16.3. The van der Waals surface area contributed by atoms with Crippen LogP contribution in [-0.4, -0.2) is 40.0 Å². The number of amides is 3. The molecule has 148 valence electrons. The fourth-order valence-electron chi connectivity index (χ4n) is 3.63. The van der Waals surface area contributed by atoms with Crippen molar-refractivity contribution in [2.75, 3.05) is 5.32 Å². The molecule has 1 saturated heterocycles. The minimum atomic E-state index is -1.27. The molecule has 2 unspecified atom stereocenters. The van der Waals surface area contributed by atoms with E-state index in [1.54, 1.807) is 0 Å². The van der Waals surface area contributed by atoms with E-state index in [-0.39, 0.29) is 18.7 Å². The topological polar surface area (TPSA) is 98.7 Å². The third-order valence-electron chi connectivity index (χ3n) is 5.11. The molecule has 2 aliphatic heterocycles. The van der Waals surface area contributed by atoms with Gasteiger partial charge in [-0.2, -0.15) is 0 Å². The van der Waals surface area contributed by atoms with Crippen LogP contribution in [0.1, 0.15) is 24.0 Å². The Morgan fingerprint density at radius 3 is 2.38 bits per heavy atom. The van der Waals surface area contributed by atoms with Gasteiger partial charge >= 0.3 is 0 Å². The van der Waals surface area contributed by atoms with Crippen LogP contribution in [0.4, 0.5) is 5.69 Å². The third-order valence-corrected chi connectivity index (χ3v) is 5.11. The van der Waals surface area contributed by atoms with Gasteiger partial charge in [0.25, 0.3) is 5.91 Å². The standard InChI is InChI=1S/C22H21N3O4/c26-19-11-10-18(21(28)24-19)25-20(27)13-17(22(25)29)23-16-8-6-15(7-9-16)12-14-4-2-1-3-5-14/h1-9,13,18,22-23,29H,10-12H2,(H,24,26,28). The summed E-state index contributed by atoms with van der Waals surface area (Å²) < 4.78 is 0. The van der Waals surface area contributed by atoms with Crippen molar-refractivity contribution < 1.29 is 19.5 Å². The summed E-state index contributed by atoms with van der Waals surface area (Å²) in [5, 5.41) is 15.8. The van der Waals surface area contributed by atoms with Crippen LogP contribution in [0, 0.1) is 0 Å². The third kappa shape index (κ3) is 4.05. The molecule has 2 heterocycles. The highest BCUT2D eigenvalue weighted by Gasteiger charge is 2.42. The molecular formula is C22H21N3O4. The number of carbonyl (C=O) groups excluding carboxylic acids is 3. The molecular weight excluding hydrogens is 370 g/mol. The molecule has 3 N–H and O–H groups in total. The van der Waals surface area contributed by atoms with Crippen LogP contribution in [0.5, 0.6) is 0 Å². The van der Waals surface area contributed by atoms with Crippen molar-refractivity contribution in [3.05, 3.63) is 77.5 Å². The second-order valence-corrected chi connectivity index (χ2v) is 7.17. The summed E-state index contributed by atoms with van der Waals surface area (Å²) in [6.45, 7) is 0. The van der Waals surface area contributed by atoms with Crippen molar-refractivity contribution in [1.82, 2.24) is 10.2 Å². The van der Waals surface area contributed by atoms with E-state index in [0.29, 0.717) is 5.70 Å². The van der Waals surface area contributed by atoms with Gasteiger partial charge in [-0.05, 0) is 36.1 Å². The van der Waals surface area contributed by atoms with Crippen LogP contribution in [-0.2, 0) is 20.8 Å². The Morgan fingerprint density at radius 1 is 1.00 bits per heavy atom. The molecule has 7 nitrogen and oxygen atoms in total. The van der Waals surface area contributed by atoms with Crippen LogP contribution in [0.15, 0.2) is 66.4 Å². The van der Waals surface area contributed by atoms with Crippen LogP contribution >= 0.6 is 0 Å². The van der Waals surface area contributed by atoms with Gasteiger partial charge in [0.05, 0.1) is 5.70 Å². The molecule has 0 bridgehead atoms. The summed E-state index contributed by atoms with van der Waals surface area (Å²) >= 11 is 0. The molecule has 0 aromatic heterocycles. The van der Waals surface area contributed by atoms with E-state index in [2.05, 4.69) is 22.8 Å². The van der Waals surface area contributed by atoms with E-state index in [0.717, 1.165) is 22.6 Å². The minimum Gasteiger partial charge on any atom is -0.368 e. The largest absolute Gasteiger partial charge is 0.368 e. The fraction of sp³-hybridized carbons (Fsp3) is 0.227. The van der Waals surface area contributed by atoms with Gasteiger partial charge in [-0.3, -0.25) is 24.6 Å². The zero-order valence-electron chi connectivity index (χ0n) is 15.7. The lowest BCUT2D eigenvalue weighted by Crippen LogP contribution is -2.55. The smallest absolute Gasteiger partial charge is 0.251 e. The van der Waals surface area contributed by atoms with Crippen LogP contribution < -0.4 is 10.6 Å². The van der Waals surface area contributed by atoms with E-state index in [4.69, 9.17) is 0 Å². The lowest BCUT2D eigenvalue weighted by Gasteiger charge is -2.32. The molecule has 3 amide bonds. The first-order valence-electron chi connectivity index (χ1n) is 9.47. The molecule has 29 heavy (non-hydrogen) atoms. The number of aliphatic hydroxyl groups is 1. The second-order valence-electron chi connectivity index (χ2n) is 7.17. The molecule has 7 heteroatoms. The zero-order chi connectivity index (χ0) is 20.4. The first-order chi connectivity index (χ1) is 14.0. The Balaban J connectivity index is 1.42.